The molecule has 4 nitrogen and oxygen atoms in total. The van der Waals surface area contributed by atoms with Gasteiger partial charge >= 0.3 is 5.97 Å². The zero-order valence-electron chi connectivity index (χ0n) is 10.6. The van der Waals surface area contributed by atoms with E-state index in [-0.39, 0.29) is 5.69 Å². The second-order valence-corrected chi connectivity index (χ2v) is 4.73. The minimum absolute atomic E-state index is 0.264. The van der Waals surface area contributed by atoms with Gasteiger partial charge in [0.2, 0.25) is 0 Å². The topological polar surface area (TPSA) is 66.6 Å². The number of carbonyl (C=O) groups is 1. The Morgan fingerprint density at radius 3 is 2.75 bits per heavy atom. The van der Waals surface area contributed by atoms with Crippen molar-refractivity contribution in [2.75, 3.05) is 17.2 Å². The van der Waals surface area contributed by atoms with E-state index in [0.29, 0.717) is 12.2 Å². The third-order valence-electron chi connectivity index (χ3n) is 3.52. The van der Waals surface area contributed by atoms with Crippen molar-refractivity contribution in [2.24, 2.45) is 0 Å². The van der Waals surface area contributed by atoms with Crippen molar-refractivity contribution >= 4 is 23.0 Å². The number of anilines is 3. The van der Waals surface area contributed by atoms with Crippen LogP contribution in [0.15, 0.2) is 36.4 Å². The first-order valence-electron chi connectivity index (χ1n) is 6.25. The monoisotopic (exact) mass is 272 g/mol. The Hall–Kier alpha value is -2.56. The van der Waals surface area contributed by atoms with E-state index in [2.05, 4.69) is 0 Å². The van der Waals surface area contributed by atoms with Gasteiger partial charge in [0, 0.05) is 18.3 Å². The number of carboxylic acid groups (broad SMARTS) is 1. The van der Waals surface area contributed by atoms with Crippen LogP contribution >= 0.6 is 0 Å². The lowest BCUT2D eigenvalue weighted by atomic mass is 10.1. The van der Waals surface area contributed by atoms with Crippen molar-refractivity contribution in [1.82, 2.24) is 0 Å². The number of halogens is 1. The largest absolute Gasteiger partial charge is 0.478 e. The van der Waals surface area contributed by atoms with Crippen LogP contribution in [0.4, 0.5) is 21.5 Å². The van der Waals surface area contributed by atoms with Gasteiger partial charge in [0.05, 0.1) is 16.9 Å². The summed E-state index contributed by atoms with van der Waals surface area (Å²) in [4.78, 5) is 12.8. The Balaban J connectivity index is 2.09. The molecule has 0 amide bonds. The van der Waals surface area contributed by atoms with Gasteiger partial charge < -0.3 is 15.7 Å². The molecule has 0 bridgehead atoms. The number of hydrogen-bond donors (Lipinski definition) is 2. The van der Waals surface area contributed by atoms with Crippen LogP contribution < -0.4 is 10.6 Å². The van der Waals surface area contributed by atoms with Crippen LogP contribution in [-0.4, -0.2) is 17.6 Å². The number of nitrogen functional groups attached to an aromatic ring is 1. The number of rotatable bonds is 2. The lowest BCUT2D eigenvalue weighted by molar-refractivity contribution is 0.0692. The van der Waals surface area contributed by atoms with E-state index in [0.717, 1.165) is 12.1 Å². The van der Waals surface area contributed by atoms with Gasteiger partial charge in [-0.2, -0.15) is 0 Å². The van der Waals surface area contributed by atoms with Crippen LogP contribution in [0.5, 0.6) is 0 Å². The van der Waals surface area contributed by atoms with E-state index in [1.165, 1.54) is 17.7 Å². The van der Waals surface area contributed by atoms with Gasteiger partial charge in [-0.1, -0.05) is 18.2 Å². The zero-order valence-corrected chi connectivity index (χ0v) is 10.6. The first kappa shape index (κ1) is 12.5. The van der Waals surface area contributed by atoms with Crippen molar-refractivity contribution in [1.29, 1.82) is 0 Å². The lowest BCUT2D eigenvalue weighted by Crippen LogP contribution is -2.16. The molecule has 0 atom stereocenters. The Kier molecular flexibility index (Phi) is 2.82. The van der Waals surface area contributed by atoms with E-state index in [1.54, 1.807) is 0 Å². The molecule has 2 aromatic rings. The first-order valence-corrected chi connectivity index (χ1v) is 6.25. The van der Waals surface area contributed by atoms with Crippen LogP contribution in [0, 0.1) is 5.82 Å². The molecule has 1 heterocycles. The average Bonchev–Trinajstić information content (AvgIpc) is 2.84. The number of nitrogens with two attached hydrogens (primary N) is 1. The molecule has 0 fully saturated rings. The van der Waals surface area contributed by atoms with Crippen LogP contribution in [0.1, 0.15) is 15.9 Å². The molecule has 3 rings (SSSR count). The number of nitrogens with zero attached hydrogens (tertiary/aromatic N) is 1. The molecule has 3 N–H and O–H groups in total. The highest BCUT2D eigenvalue weighted by atomic mass is 19.1. The minimum atomic E-state index is -1.32. The third kappa shape index (κ3) is 1.87. The van der Waals surface area contributed by atoms with Gasteiger partial charge in [0.25, 0.3) is 0 Å². The summed E-state index contributed by atoms with van der Waals surface area (Å²) in [6.45, 7) is 0.704. The Morgan fingerprint density at radius 2 is 2.00 bits per heavy atom. The second kappa shape index (κ2) is 4.52. The normalized spacial score (nSPS) is 13.3. The van der Waals surface area contributed by atoms with E-state index < -0.39 is 17.3 Å². The fourth-order valence-electron chi connectivity index (χ4n) is 2.57. The SMILES string of the molecule is Nc1cc(C(=O)O)c(F)cc1N1CCc2ccccc21. The lowest BCUT2D eigenvalue weighted by Gasteiger charge is -2.22. The molecule has 1 aliphatic heterocycles. The van der Waals surface area contributed by atoms with Crippen molar-refractivity contribution in [2.45, 2.75) is 6.42 Å². The van der Waals surface area contributed by atoms with Crippen LogP contribution in [-0.2, 0) is 6.42 Å². The van der Waals surface area contributed by atoms with E-state index >= 15 is 0 Å². The summed E-state index contributed by atoms with van der Waals surface area (Å²) in [6.07, 6.45) is 0.859. The molecule has 0 unspecified atom stereocenters. The van der Waals surface area contributed by atoms with E-state index in [4.69, 9.17) is 10.8 Å². The predicted molar refractivity (Wildman–Crippen MR) is 74.9 cm³/mol. The maximum Gasteiger partial charge on any atom is 0.338 e. The first-order chi connectivity index (χ1) is 9.58. The Labute approximate surface area is 115 Å². The highest BCUT2D eigenvalue weighted by molar-refractivity contribution is 5.91. The summed E-state index contributed by atoms with van der Waals surface area (Å²) in [7, 11) is 0. The second-order valence-electron chi connectivity index (χ2n) is 4.73. The maximum atomic E-state index is 13.8. The molecular formula is C15H13FN2O2. The molecule has 0 saturated heterocycles. The summed E-state index contributed by atoms with van der Waals surface area (Å²) < 4.78 is 13.8. The number of para-hydroxylation sites is 1. The highest BCUT2D eigenvalue weighted by Crippen LogP contribution is 2.38. The number of aromatic carboxylic acids is 1. The molecule has 0 saturated carbocycles. The minimum Gasteiger partial charge on any atom is -0.478 e. The van der Waals surface area contributed by atoms with Gasteiger partial charge in [0.1, 0.15) is 5.82 Å². The third-order valence-corrected chi connectivity index (χ3v) is 3.52. The summed E-state index contributed by atoms with van der Waals surface area (Å²) in [5.74, 6) is -2.09. The van der Waals surface area contributed by atoms with Crippen LogP contribution in [0.2, 0.25) is 0 Å². The van der Waals surface area contributed by atoms with Crippen LogP contribution in [0.25, 0.3) is 0 Å². The van der Waals surface area contributed by atoms with Crippen molar-refractivity contribution in [3.8, 4) is 0 Å². The number of carboxylic acids is 1. The zero-order chi connectivity index (χ0) is 14.3. The maximum absolute atomic E-state index is 13.8. The number of fused-ring (bicyclic) bond motifs is 1. The molecule has 0 aliphatic carbocycles. The van der Waals surface area contributed by atoms with E-state index in [1.807, 2.05) is 29.2 Å². The fraction of sp³-hybridized carbons (Fsp3) is 0.133. The molecule has 5 heteroatoms. The quantitative estimate of drug-likeness (QED) is 0.825. The van der Waals surface area contributed by atoms with Gasteiger partial charge in [-0.15, -0.1) is 0 Å². The molecule has 2 aromatic carbocycles. The molecule has 0 spiro atoms. The molecule has 1 aliphatic rings. The number of hydrogen-bond acceptors (Lipinski definition) is 3. The Bertz CT molecular complexity index is 700. The summed E-state index contributed by atoms with van der Waals surface area (Å²) in [5, 5.41) is 8.89. The van der Waals surface area contributed by atoms with Crippen molar-refractivity contribution in [3.63, 3.8) is 0 Å². The fourth-order valence-corrected chi connectivity index (χ4v) is 2.57. The standard InChI is InChI=1S/C15H13FN2O2/c16-11-8-14(12(17)7-10(11)15(19)20)18-6-5-9-3-1-2-4-13(9)18/h1-4,7-8H,5-6,17H2,(H,19,20). The molecular weight excluding hydrogens is 259 g/mol. The highest BCUT2D eigenvalue weighted by Gasteiger charge is 2.23. The smallest absolute Gasteiger partial charge is 0.338 e. The van der Waals surface area contributed by atoms with Gasteiger partial charge in [0.15, 0.2) is 0 Å². The van der Waals surface area contributed by atoms with Gasteiger partial charge in [-0.25, -0.2) is 9.18 Å². The van der Waals surface area contributed by atoms with Crippen molar-refractivity contribution < 1.29 is 14.3 Å². The molecule has 20 heavy (non-hydrogen) atoms. The average molecular weight is 272 g/mol. The molecule has 0 aromatic heterocycles. The van der Waals surface area contributed by atoms with Crippen molar-refractivity contribution in [3.05, 3.63) is 53.3 Å². The molecule has 102 valence electrons. The Morgan fingerprint density at radius 1 is 1.25 bits per heavy atom. The van der Waals surface area contributed by atoms with E-state index in [9.17, 15) is 9.18 Å². The number of benzene rings is 2. The van der Waals surface area contributed by atoms with Gasteiger partial charge in [-0.3, -0.25) is 0 Å². The summed E-state index contributed by atoms with van der Waals surface area (Å²) in [5.41, 5.74) is 8.43. The van der Waals surface area contributed by atoms with Crippen LogP contribution in [0.3, 0.4) is 0 Å². The summed E-state index contributed by atoms with van der Waals surface area (Å²) >= 11 is 0. The predicted octanol–water partition coefficient (Wildman–Crippen LogP) is 2.80. The summed E-state index contributed by atoms with van der Waals surface area (Å²) in [6, 6.07) is 10.2. The van der Waals surface area contributed by atoms with Gasteiger partial charge in [-0.05, 0) is 24.1 Å². The molecule has 0 radical (unpaired) electrons.